The molecule has 2 nitrogen and oxygen atoms in total. The van der Waals surface area contributed by atoms with Crippen LogP contribution in [0.4, 0.5) is 0 Å². The van der Waals surface area contributed by atoms with E-state index in [0.29, 0.717) is 5.92 Å². The van der Waals surface area contributed by atoms with Crippen LogP contribution in [-0.2, 0) is 9.53 Å². The van der Waals surface area contributed by atoms with E-state index in [9.17, 15) is 4.79 Å². The molecule has 2 aliphatic rings. The molecule has 0 bridgehead atoms. The molecule has 0 heterocycles. The Hall–Kier alpha value is -0.370. The first-order chi connectivity index (χ1) is 7.22. The van der Waals surface area contributed by atoms with E-state index in [1.54, 1.807) is 0 Å². The summed E-state index contributed by atoms with van der Waals surface area (Å²) in [5, 5.41) is 0. The van der Waals surface area contributed by atoms with Gasteiger partial charge in [0.05, 0.1) is 12.2 Å². The second-order valence-corrected chi connectivity index (χ2v) is 5.38. The van der Waals surface area contributed by atoms with E-state index in [-0.39, 0.29) is 18.1 Å². The Balaban J connectivity index is 2.03. The zero-order valence-corrected chi connectivity index (χ0v) is 9.82. The lowest BCUT2D eigenvalue weighted by atomic mass is 9.78. The van der Waals surface area contributed by atoms with E-state index in [1.807, 2.05) is 0 Å². The summed E-state index contributed by atoms with van der Waals surface area (Å²) < 4.78 is 5.88. The van der Waals surface area contributed by atoms with Gasteiger partial charge in [0, 0.05) is 5.92 Å². The molecular formula is C13H22O2. The Kier molecular flexibility index (Phi) is 3.45. The Morgan fingerprint density at radius 3 is 2.67 bits per heavy atom. The third-order valence-corrected chi connectivity index (χ3v) is 4.03. The highest BCUT2D eigenvalue weighted by molar-refractivity contribution is 5.56. The Bertz CT molecular complexity index is 225. The molecule has 0 N–H and O–H groups in total. The quantitative estimate of drug-likeness (QED) is 0.669. The first kappa shape index (κ1) is 11.1. The maximum absolute atomic E-state index is 11.2. The zero-order chi connectivity index (χ0) is 10.8. The predicted octanol–water partition coefficient (Wildman–Crippen LogP) is 2.81. The number of ether oxygens (including phenoxy) is 1. The summed E-state index contributed by atoms with van der Waals surface area (Å²) >= 11 is 0. The highest BCUT2D eigenvalue weighted by Crippen LogP contribution is 2.46. The van der Waals surface area contributed by atoms with Crippen molar-refractivity contribution in [1.82, 2.24) is 0 Å². The number of aldehydes is 1. The molecule has 0 unspecified atom stereocenters. The van der Waals surface area contributed by atoms with Crippen LogP contribution in [-0.4, -0.2) is 18.5 Å². The fourth-order valence-electron chi connectivity index (χ4n) is 3.45. The van der Waals surface area contributed by atoms with Crippen molar-refractivity contribution < 1.29 is 9.53 Å². The third-order valence-electron chi connectivity index (χ3n) is 4.03. The number of rotatable bonds is 3. The van der Waals surface area contributed by atoms with Gasteiger partial charge >= 0.3 is 0 Å². The summed E-state index contributed by atoms with van der Waals surface area (Å²) in [6.45, 7) is 4.12. The second-order valence-electron chi connectivity index (χ2n) is 5.38. The molecule has 0 aliphatic heterocycles. The SMILES string of the molecule is CC(C)O[C@H]1C[C@H]2CCCC[C@H]2[C@@H]1C=O. The summed E-state index contributed by atoms with van der Waals surface area (Å²) in [7, 11) is 0. The van der Waals surface area contributed by atoms with Gasteiger partial charge < -0.3 is 9.53 Å². The van der Waals surface area contributed by atoms with Crippen LogP contribution in [0.5, 0.6) is 0 Å². The van der Waals surface area contributed by atoms with Gasteiger partial charge in [-0.3, -0.25) is 0 Å². The van der Waals surface area contributed by atoms with Gasteiger partial charge in [0.25, 0.3) is 0 Å². The molecule has 0 saturated heterocycles. The molecule has 2 fully saturated rings. The molecule has 0 spiro atoms. The number of hydrogen-bond donors (Lipinski definition) is 0. The van der Waals surface area contributed by atoms with Crippen LogP contribution in [0.1, 0.15) is 46.0 Å². The first-order valence-electron chi connectivity index (χ1n) is 6.33. The van der Waals surface area contributed by atoms with Gasteiger partial charge in [-0.1, -0.05) is 19.3 Å². The Labute approximate surface area is 92.4 Å². The topological polar surface area (TPSA) is 26.3 Å². The molecule has 2 saturated carbocycles. The van der Waals surface area contributed by atoms with Crippen molar-refractivity contribution in [2.75, 3.05) is 0 Å². The summed E-state index contributed by atoms with van der Waals surface area (Å²) in [5.74, 6) is 1.57. The predicted molar refractivity (Wildman–Crippen MR) is 59.6 cm³/mol. The molecule has 0 aromatic carbocycles. The van der Waals surface area contributed by atoms with E-state index in [2.05, 4.69) is 13.8 Å². The van der Waals surface area contributed by atoms with E-state index < -0.39 is 0 Å². The highest BCUT2D eigenvalue weighted by Gasteiger charge is 2.44. The van der Waals surface area contributed by atoms with Gasteiger partial charge in [-0.15, -0.1) is 0 Å². The van der Waals surface area contributed by atoms with Gasteiger partial charge in [-0.25, -0.2) is 0 Å². The smallest absolute Gasteiger partial charge is 0.125 e. The van der Waals surface area contributed by atoms with E-state index >= 15 is 0 Å². The molecule has 2 heteroatoms. The second kappa shape index (κ2) is 4.65. The van der Waals surface area contributed by atoms with Crippen LogP contribution in [0.15, 0.2) is 0 Å². The molecule has 15 heavy (non-hydrogen) atoms. The third kappa shape index (κ3) is 2.25. The maximum atomic E-state index is 11.2. The summed E-state index contributed by atoms with van der Waals surface area (Å²) in [6, 6.07) is 0. The molecule has 0 amide bonds. The lowest BCUT2D eigenvalue weighted by Crippen LogP contribution is -2.27. The standard InChI is InChI=1S/C13H22O2/c1-9(2)15-13-7-10-5-3-4-6-11(10)12(13)8-14/h8-13H,3-7H2,1-2H3/t10-,11-,12+,13+/m1/s1. The summed E-state index contributed by atoms with van der Waals surface area (Å²) in [6.07, 6.45) is 7.93. The van der Waals surface area contributed by atoms with Crippen molar-refractivity contribution in [2.24, 2.45) is 17.8 Å². The summed E-state index contributed by atoms with van der Waals surface area (Å²) in [5.41, 5.74) is 0. The first-order valence-corrected chi connectivity index (χ1v) is 6.33. The molecular weight excluding hydrogens is 188 g/mol. The van der Waals surface area contributed by atoms with Gasteiger partial charge in [0.1, 0.15) is 6.29 Å². The molecule has 2 rings (SSSR count). The Morgan fingerprint density at radius 1 is 1.27 bits per heavy atom. The minimum Gasteiger partial charge on any atom is -0.375 e. The molecule has 0 aromatic rings. The average molecular weight is 210 g/mol. The largest absolute Gasteiger partial charge is 0.375 e. The average Bonchev–Trinajstić information content (AvgIpc) is 2.53. The highest BCUT2D eigenvalue weighted by atomic mass is 16.5. The van der Waals surface area contributed by atoms with Crippen LogP contribution in [0.25, 0.3) is 0 Å². The van der Waals surface area contributed by atoms with Gasteiger partial charge in [0.2, 0.25) is 0 Å². The van der Waals surface area contributed by atoms with Crippen molar-refractivity contribution in [3.63, 3.8) is 0 Å². The van der Waals surface area contributed by atoms with Gasteiger partial charge in [-0.2, -0.15) is 0 Å². The van der Waals surface area contributed by atoms with Crippen molar-refractivity contribution in [2.45, 2.75) is 58.2 Å². The number of fused-ring (bicyclic) bond motifs is 1. The van der Waals surface area contributed by atoms with Crippen LogP contribution < -0.4 is 0 Å². The van der Waals surface area contributed by atoms with Crippen molar-refractivity contribution in [3.05, 3.63) is 0 Å². The minimum absolute atomic E-state index is 0.178. The van der Waals surface area contributed by atoms with Crippen molar-refractivity contribution in [1.29, 1.82) is 0 Å². The normalized spacial score (nSPS) is 40.5. The summed E-state index contributed by atoms with van der Waals surface area (Å²) in [4.78, 5) is 11.2. The number of hydrogen-bond acceptors (Lipinski definition) is 2. The minimum atomic E-state index is 0.178. The lowest BCUT2D eigenvalue weighted by Gasteiger charge is -2.27. The molecule has 4 atom stereocenters. The van der Waals surface area contributed by atoms with Gasteiger partial charge in [-0.05, 0) is 38.5 Å². The molecule has 0 aromatic heterocycles. The van der Waals surface area contributed by atoms with E-state index in [1.165, 1.54) is 25.7 Å². The number of carbonyl (C=O) groups is 1. The van der Waals surface area contributed by atoms with Crippen molar-refractivity contribution >= 4 is 6.29 Å². The monoisotopic (exact) mass is 210 g/mol. The number of carbonyl (C=O) groups excluding carboxylic acids is 1. The molecule has 0 radical (unpaired) electrons. The van der Waals surface area contributed by atoms with Crippen molar-refractivity contribution in [3.8, 4) is 0 Å². The Morgan fingerprint density at radius 2 is 2.00 bits per heavy atom. The fraction of sp³-hybridized carbons (Fsp3) is 0.923. The lowest BCUT2D eigenvalue weighted by molar-refractivity contribution is -0.118. The van der Waals surface area contributed by atoms with Crippen LogP contribution in [0.2, 0.25) is 0 Å². The van der Waals surface area contributed by atoms with Crippen LogP contribution in [0.3, 0.4) is 0 Å². The molecule has 2 aliphatic carbocycles. The van der Waals surface area contributed by atoms with Crippen LogP contribution in [0, 0.1) is 17.8 Å². The maximum Gasteiger partial charge on any atom is 0.125 e. The van der Waals surface area contributed by atoms with E-state index in [0.717, 1.165) is 18.6 Å². The van der Waals surface area contributed by atoms with Crippen LogP contribution >= 0.6 is 0 Å². The van der Waals surface area contributed by atoms with Gasteiger partial charge in [0.15, 0.2) is 0 Å². The van der Waals surface area contributed by atoms with E-state index in [4.69, 9.17) is 4.74 Å². The fourth-order valence-corrected chi connectivity index (χ4v) is 3.45. The zero-order valence-electron chi connectivity index (χ0n) is 9.82. The molecule has 86 valence electrons.